The molecule has 0 atom stereocenters. The fourth-order valence-electron chi connectivity index (χ4n) is 0.986. The first-order valence-electron chi connectivity index (χ1n) is 4.46. The van der Waals surface area contributed by atoms with Crippen LogP contribution in [0.1, 0.15) is 12.8 Å². The predicted octanol–water partition coefficient (Wildman–Crippen LogP) is 0.251. The second kappa shape index (κ2) is 3.65. The van der Waals surface area contributed by atoms with Crippen molar-refractivity contribution in [2.45, 2.75) is 12.8 Å². The minimum Gasteiger partial charge on any atom is -0.467 e. The van der Waals surface area contributed by atoms with Crippen LogP contribution >= 0.6 is 0 Å². The summed E-state index contributed by atoms with van der Waals surface area (Å²) in [5.74, 6) is 0.765. The summed E-state index contributed by atoms with van der Waals surface area (Å²) in [6.45, 7) is 0.645. The predicted molar refractivity (Wildman–Crippen MR) is 49.0 cm³/mol. The summed E-state index contributed by atoms with van der Waals surface area (Å²) < 4.78 is 10.2. The normalized spacial score (nSPS) is 15.2. The quantitative estimate of drug-likeness (QED) is 0.743. The Bertz CT molecular complexity index is 327. The second-order valence-corrected chi connectivity index (χ2v) is 3.22. The molecule has 0 radical (unpaired) electrons. The number of rotatable bonds is 4. The Kier molecular flexibility index (Phi) is 2.34. The largest absolute Gasteiger partial charge is 0.467 e. The number of hydrogen-bond acceptors (Lipinski definition) is 6. The molecule has 0 aliphatic heterocycles. The monoisotopic (exact) mass is 196 g/mol. The molecular formula is C8H12N4O2. The van der Waals surface area contributed by atoms with Crippen LogP contribution in [0.4, 0.5) is 5.95 Å². The molecule has 76 valence electrons. The average molecular weight is 196 g/mol. The van der Waals surface area contributed by atoms with Crippen molar-refractivity contribution in [3.63, 3.8) is 0 Å². The molecule has 1 fully saturated rings. The highest BCUT2D eigenvalue weighted by Gasteiger charge is 2.22. The number of nitrogens with zero attached hydrogens (tertiary/aromatic N) is 3. The number of hydrogen-bond donors (Lipinski definition) is 1. The third-order valence-electron chi connectivity index (χ3n) is 1.94. The first-order chi connectivity index (χ1) is 6.78. The van der Waals surface area contributed by atoms with Gasteiger partial charge in [-0.25, -0.2) is 0 Å². The second-order valence-electron chi connectivity index (χ2n) is 3.22. The van der Waals surface area contributed by atoms with Crippen LogP contribution in [0, 0.1) is 5.92 Å². The number of aromatic nitrogens is 3. The van der Waals surface area contributed by atoms with Gasteiger partial charge in [-0.15, -0.1) is 4.98 Å². The van der Waals surface area contributed by atoms with Gasteiger partial charge in [-0.05, 0) is 18.8 Å². The van der Waals surface area contributed by atoms with E-state index in [0.29, 0.717) is 12.5 Å². The maximum atomic E-state index is 5.43. The minimum atomic E-state index is 0.114. The van der Waals surface area contributed by atoms with E-state index in [9.17, 15) is 0 Å². The fraction of sp³-hybridized carbons (Fsp3) is 0.625. The van der Waals surface area contributed by atoms with Gasteiger partial charge >= 0.3 is 12.0 Å². The zero-order valence-electron chi connectivity index (χ0n) is 7.93. The van der Waals surface area contributed by atoms with E-state index in [1.165, 1.54) is 20.0 Å². The van der Waals surface area contributed by atoms with E-state index in [2.05, 4.69) is 15.0 Å². The summed E-state index contributed by atoms with van der Waals surface area (Å²) in [5, 5.41) is 0. The van der Waals surface area contributed by atoms with E-state index in [4.69, 9.17) is 15.2 Å². The maximum Gasteiger partial charge on any atom is 0.324 e. The van der Waals surface area contributed by atoms with Crippen LogP contribution < -0.4 is 15.2 Å². The summed E-state index contributed by atoms with van der Waals surface area (Å²) in [4.78, 5) is 11.5. The van der Waals surface area contributed by atoms with Gasteiger partial charge < -0.3 is 15.2 Å². The molecule has 2 N–H and O–H groups in total. The van der Waals surface area contributed by atoms with Crippen LogP contribution in [0.25, 0.3) is 0 Å². The van der Waals surface area contributed by atoms with Gasteiger partial charge in [-0.1, -0.05) is 0 Å². The number of ether oxygens (including phenoxy) is 2. The van der Waals surface area contributed by atoms with Gasteiger partial charge in [0, 0.05) is 0 Å². The number of nitrogens with two attached hydrogens (primary N) is 1. The molecule has 1 aliphatic carbocycles. The van der Waals surface area contributed by atoms with Gasteiger partial charge in [-0.2, -0.15) is 9.97 Å². The number of methoxy groups -OCH3 is 1. The Morgan fingerprint density at radius 3 is 2.64 bits per heavy atom. The molecule has 6 heteroatoms. The lowest BCUT2D eigenvalue weighted by atomic mass is 10.5. The summed E-state index contributed by atoms with van der Waals surface area (Å²) in [6, 6.07) is 0.421. The van der Waals surface area contributed by atoms with E-state index in [1.54, 1.807) is 0 Å². The molecule has 1 aromatic heterocycles. The average Bonchev–Trinajstić information content (AvgIpc) is 2.97. The molecule has 1 aliphatic rings. The Hall–Kier alpha value is -1.59. The van der Waals surface area contributed by atoms with Crippen molar-refractivity contribution in [2.75, 3.05) is 19.5 Å². The molecule has 6 nitrogen and oxygen atoms in total. The van der Waals surface area contributed by atoms with Crippen LogP contribution in [-0.4, -0.2) is 28.7 Å². The molecule has 1 saturated carbocycles. The van der Waals surface area contributed by atoms with Crippen LogP contribution in [0.5, 0.6) is 12.0 Å². The topological polar surface area (TPSA) is 83.2 Å². The van der Waals surface area contributed by atoms with Crippen LogP contribution in [0.15, 0.2) is 0 Å². The molecular weight excluding hydrogens is 184 g/mol. The van der Waals surface area contributed by atoms with Crippen molar-refractivity contribution < 1.29 is 9.47 Å². The molecule has 14 heavy (non-hydrogen) atoms. The first kappa shape index (κ1) is 8.98. The zero-order valence-corrected chi connectivity index (χ0v) is 7.93. The zero-order chi connectivity index (χ0) is 9.97. The lowest BCUT2D eigenvalue weighted by Crippen LogP contribution is -2.07. The van der Waals surface area contributed by atoms with E-state index >= 15 is 0 Å². The van der Waals surface area contributed by atoms with Crippen molar-refractivity contribution in [3.05, 3.63) is 0 Å². The van der Waals surface area contributed by atoms with Gasteiger partial charge in [-0.3, -0.25) is 0 Å². The van der Waals surface area contributed by atoms with Crippen LogP contribution in [-0.2, 0) is 0 Å². The molecule has 0 saturated heterocycles. The maximum absolute atomic E-state index is 5.43. The first-order valence-corrected chi connectivity index (χ1v) is 4.46. The van der Waals surface area contributed by atoms with Crippen LogP contribution in [0.3, 0.4) is 0 Å². The van der Waals surface area contributed by atoms with Crippen molar-refractivity contribution in [3.8, 4) is 12.0 Å². The summed E-state index contributed by atoms with van der Waals surface area (Å²) in [5.41, 5.74) is 5.43. The van der Waals surface area contributed by atoms with Crippen molar-refractivity contribution in [2.24, 2.45) is 5.92 Å². The minimum absolute atomic E-state index is 0.114. The Balaban J connectivity index is 2.03. The van der Waals surface area contributed by atoms with Crippen LogP contribution in [0.2, 0.25) is 0 Å². The number of nitrogen functional groups attached to an aromatic ring is 1. The van der Waals surface area contributed by atoms with Gasteiger partial charge in [0.2, 0.25) is 5.95 Å². The smallest absolute Gasteiger partial charge is 0.324 e. The summed E-state index contributed by atoms with van der Waals surface area (Å²) in [6.07, 6.45) is 2.44. The lowest BCUT2D eigenvalue weighted by Gasteiger charge is -2.04. The fourth-order valence-corrected chi connectivity index (χ4v) is 0.986. The highest BCUT2D eigenvalue weighted by Crippen LogP contribution is 2.29. The Labute approximate surface area is 81.5 Å². The van der Waals surface area contributed by atoms with Crippen molar-refractivity contribution in [1.29, 1.82) is 0 Å². The Morgan fingerprint density at radius 1 is 1.29 bits per heavy atom. The molecule has 0 amide bonds. The van der Waals surface area contributed by atoms with Gasteiger partial charge in [0.25, 0.3) is 0 Å². The van der Waals surface area contributed by atoms with Crippen molar-refractivity contribution in [1.82, 2.24) is 15.0 Å². The number of anilines is 1. The summed E-state index contributed by atoms with van der Waals surface area (Å²) >= 11 is 0. The molecule has 0 bridgehead atoms. The van der Waals surface area contributed by atoms with Gasteiger partial charge in [0.1, 0.15) is 0 Å². The highest BCUT2D eigenvalue weighted by molar-refractivity contribution is 5.20. The summed E-state index contributed by atoms with van der Waals surface area (Å²) in [7, 11) is 1.47. The van der Waals surface area contributed by atoms with Gasteiger partial charge in [0.15, 0.2) is 0 Å². The van der Waals surface area contributed by atoms with E-state index in [1.807, 2.05) is 0 Å². The molecule has 1 heterocycles. The van der Waals surface area contributed by atoms with Gasteiger partial charge in [0.05, 0.1) is 13.7 Å². The Morgan fingerprint density at radius 2 is 2.00 bits per heavy atom. The highest BCUT2D eigenvalue weighted by atomic mass is 16.5. The standard InChI is InChI=1S/C8H12N4O2/c1-13-7-10-6(9)11-8(12-7)14-4-5-2-3-5/h5H,2-4H2,1H3,(H2,9,10,11,12). The molecule has 1 aromatic rings. The third kappa shape index (κ3) is 2.21. The lowest BCUT2D eigenvalue weighted by molar-refractivity contribution is 0.268. The molecule has 0 aromatic carbocycles. The van der Waals surface area contributed by atoms with E-state index in [0.717, 1.165) is 0 Å². The SMILES string of the molecule is COc1nc(N)nc(OCC2CC2)n1. The molecule has 0 spiro atoms. The third-order valence-corrected chi connectivity index (χ3v) is 1.94. The van der Waals surface area contributed by atoms with Crippen molar-refractivity contribution >= 4 is 5.95 Å². The molecule has 2 rings (SSSR count). The molecule has 0 unspecified atom stereocenters. The van der Waals surface area contributed by atoms with E-state index < -0.39 is 0 Å². The van der Waals surface area contributed by atoms with E-state index in [-0.39, 0.29) is 18.0 Å².